The second kappa shape index (κ2) is 7.58. The molecule has 1 aromatic rings. The highest BCUT2D eigenvalue weighted by Gasteiger charge is 2.21. The van der Waals surface area contributed by atoms with Gasteiger partial charge in [0.15, 0.2) is 0 Å². The number of nitrogens with one attached hydrogen (secondary N) is 2. The molecule has 0 radical (unpaired) electrons. The van der Waals surface area contributed by atoms with Gasteiger partial charge in [-0.25, -0.2) is 13.1 Å². The molecule has 6 heteroatoms. The zero-order valence-corrected chi connectivity index (χ0v) is 13.9. The zero-order valence-electron chi connectivity index (χ0n) is 12.4. The summed E-state index contributed by atoms with van der Waals surface area (Å²) in [4.78, 5) is 0.242. The van der Waals surface area contributed by atoms with Crippen molar-refractivity contribution < 1.29 is 8.42 Å². The lowest BCUT2D eigenvalue weighted by molar-refractivity contribution is 0.316. The van der Waals surface area contributed by atoms with Gasteiger partial charge >= 0.3 is 0 Å². The van der Waals surface area contributed by atoms with Gasteiger partial charge in [-0.05, 0) is 49.4 Å². The van der Waals surface area contributed by atoms with Crippen molar-refractivity contribution in [1.82, 2.24) is 10.0 Å². The van der Waals surface area contributed by atoms with Crippen LogP contribution < -0.4 is 10.0 Å². The molecular weight excluding hydrogens is 308 g/mol. The lowest BCUT2D eigenvalue weighted by atomic mass is 9.86. The maximum absolute atomic E-state index is 12.2. The number of benzene rings is 1. The van der Waals surface area contributed by atoms with E-state index in [0.717, 1.165) is 31.4 Å². The van der Waals surface area contributed by atoms with E-state index in [4.69, 9.17) is 11.6 Å². The molecule has 1 aliphatic rings. The molecule has 4 nitrogen and oxygen atoms in total. The molecule has 0 atom stereocenters. The van der Waals surface area contributed by atoms with Gasteiger partial charge in [-0.1, -0.05) is 31.0 Å². The van der Waals surface area contributed by atoms with Gasteiger partial charge in [0.1, 0.15) is 0 Å². The molecule has 118 valence electrons. The number of hydrogen-bond acceptors (Lipinski definition) is 3. The van der Waals surface area contributed by atoms with Gasteiger partial charge in [-0.2, -0.15) is 0 Å². The molecule has 0 aliphatic heterocycles. The molecule has 0 bridgehead atoms. The summed E-state index contributed by atoms with van der Waals surface area (Å²) >= 11 is 6.18. The number of rotatable bonds is 8. The Balaban J connectivity index is 2.00. The van der Waals surface area contributed by atoms with Crippen LogP contribution in [0.1, 0.15) is 38.2 Å². The van der Waals surface area contributed by atoms with Crippen molar-refractivity contribution in [3.63, 3.8) is 0 Å². The first-order valence-corrected chi connectivity index (χ1v) is 9.38. The summed E-state index contributed by atoms with van der Waals surface area (Å²) in [5.74, 6) is 0.493. The van der Waals surface area contributed by atoms with Gasteiger partial charge in [0.05, 0.1) is 4.90 Å². The van der Waals surface area contributed by atoms with E-state index in [0.29, 0.717) is 24.0 Å². The molecule has 2 N–H and O–H groups in total. The summed E-state index contributed by atoms with van der Waals surface area (Å²) in [6, 6.07) is 4.94. The summed E-state index contributed by atoms with van der Waals surface area (Å²) in [5.41, 5.74) is 0.919. The third-order valence-electron chi connectivity index (χ3n) is 3.86. The molecule has 21 heavy (non-hydrogen) atoms. The van der Waals surface area contributed by atoms with E-state index in [2.05, 4.69) is 17.0 Å². The van der Waals surface area contributed by atoms with Gasteiger partial charge in [0.25, 0.3) is 0 Å². The Morgan fingerprint density at radius 1 is 1.33 bits per heavy atom. The van der Waals surface area contributed by atoms with Crippen LogP contribution in [0.15, 0.2) is 23.1 Å². The van der Waals surface area contributed by atoms with Crippen molar-refractivity contribution >= 4 is 21.6 Å². The molecule has 0 spiro atoms. The Labute approximate surface area is 132 Å². The van der Waals surface area contributed by atoms with Crippen LogP contribution in [0.25, 0.3) is 0 Å². The second-order valence-corrected chi connectivity index (χ2v) is 7.75. The molecule has 0 saturated heterocycles. The number of halogens is 1. The highest BCUT2D eigenvalue weighted by atomic mass is 35.5. The molecule has 1 aliphatic carbocycles. The minimum Gasteiger partial charge on any atom is -0.313 e. The first-order valence-electron chi connectivity index (χ1n) is 7.51. The minimum atomic E-state index is -3.45. The standard InChI is InChI=1S/C15H23ClN2O2S/c1-2-8-17-11-13-6-7-14(9-15(13)16)21(19,20)18-10-12-4-3-5-12/h6-7,9,12,17-18H,2-5,8,10-11H2,1H3. The highest BCUT2D eigenvalue weighted by Crippen LogP contribution is 2.26. The zero-order chi connectivity index (χ0) is 15.3. The lowest BCUT2D eigenvalue weighted by Crippen LogP contribution is -2.32. The predicted octanol–water partition coefficient (Wildman–Crippen LogP) is 2.92. The van der Waals surface area contributed by atoms with Crippen LogP contribution in [-0.4, -0.2) is 21.5 Å². The van der Waals surface area contributed by atoms with E-state index in [1.165, 1.54) is 12.5 Å². The third-order valence-corrected chi connectivity index (χ3v) is 5.64. The SMILES string of the molecule is CCCNCc1ccc(S(=O)(=O)NCC2CCC2)cc1Cl. The van der Waals surface area contributed by atoms with Crippen LogP contribution in [0.3, 0.4) is 0 Å². The quantitative estimate of drug-likeness (QED) is 0.720. The molecule has 1 fully saturated rings. The predicted molar refractivity (Wildman–Crippen MR) is 86.0 cm³/mol. The minimum absolute atomic E-state index is 0.242. The van der Waals surface area contributed by atoms with Crippen LogP contribution in [0.5, 0.6) is 0 Å². The molecular formula is C15H23ClN2O2S. The number of hydrogen-bond donors (Lipinski definition) is 2. The molecule has 0 aromatic heterocycles. The Morgan fingerprint density at radius 2 is 2.10 bits per heavy atom. The van der Waals surface area contributed by atoms with Gasteiger partial charge < -0.3 is 5.32 Å². The fourth-order valence-corrected chi connectivity index (χ4v) is 3.70. The van der Waals surface area contributed by atoms with Gasteiger partial charge in [-0.15, -0.1) is 0 Å². The average Bonchev–Trinajstić information content (AvgIpc) is 2.38. The van der Waals surface area contributed by atoms with Gasteiger partial charge in [0, 0.05) is 18.1 Å². The van der Waals surface area contributed by atoms with E-state index >= 15 is 0 Å². The fourth-order valence-electron chi connectivity index (χ4n) is 2.25. The first kappa shape index (κ1) is 16.7. The van der Waals surface area contributed by atoms with E-state index in [-0.39, 0.29) is 4.90 Å². The van der Waals surface area contributed by atoms with Crippen molar-refractivity contribution in [3.05, 3.63) is 28.8 Å². The molecule has 0 amide bonds. The first-order chi connectivity index (χ1) is 10.0. The maximum Gasteiger partial charge on any atom is 0.240 e. The van der Waals surface area contributed by atoms with Crippen LogP contribution in [0.2, 0.25) is 5.02 Å². The molecule has 0 unspecified atom stereocenters. The second-order valence-electron chi connectivity index (χ2n) is 5.58. The Bertz CT molecular complexity index is 571. The van der Waals surface area contributed by atoms with E-state index in [1.54, 1.807) is 12.1 Å². The topological polar surface area (TPSA) is 58.2 Å². The summed E-state index contributed by atoms with van der Waals surface area (Å²) in [6.45, 7) is 4.19. The molecule has 2 rings (SSSR count). The Kier molecular flexibility index (Phi) is 6.05. The fraction of sp³-hybridized carbons (Fsp3) is 0.600. The monoisotopic (exact) mass is 330 g/mol. The summed E-state index contributed by atoms with van der Waals surface area (Å²) in [6.07, 6.45) is 4.49. The Hall–Kier alpha value is -0.620. The smallest absolute Gasteiger partial charge is 0.240 e. The van der Waals surface area contributed by atoms with Crippen molar-refractivity contribution in [2.45, 2.75) is 44.0 Å². The van der Waals surface area contributed by atoms with Gasteiger partial charge in [-0.3, -0.25) is 0 Å². The molecule has 0 heterocycles. The molecule has 1 saturated carbocycles. The summed E-state index contributed by atoms with van der Waals surface area (Å²) < 4.78 is 27.1. The van der Waals surface area contributed by atoms with Crippen LogP contribution in [0.4, 0.5) is 0 Å². The Morgan fingerprint density at radius 3 is 2.67 bits per heavy atom. The van der Waals surface area contributed by atoms with Gasteiger partial charge in [0.2, 0.25) is 10.0 Å². The van der Waals surface area contributed by atoms with Crippen molar-refractivity contribution in [2.75, 3.05) is 13.1 Å². The normalized spacial score (nSPS) is 15.9. The summed E-state index contributed by atoms with van der Waals surface area (Å²) in [7, 11) is -3.45. The average molecular weight is 331 g/mol. The maximum atomic E-state index is 12.2. The largest absolute Gasteiger partial charge is 0.313 e. The summed E-state index contributed by atoms with van der Waals surface area (Å²) in [5, 5.41) is 3.75. The lowest BCUT2D eigenvalue weighted by Gasteiger charge is -2.25. The van der Waals surface area contributed by atoms with E-state index in [1.807, 2.05) is 0 Å². The number of sulfonamides is 1. The third kappa shape index (κ3) is 4.68. The molecule has 1 aromatic carbocycles. The van der Waals surface area contributed by atoms with Crippen molar-refractivity contribution in [3.8, 4) is 0 Å². The van der Waals surface area contributed by atoms with Crippen molar-refractivity contribution in [1.29, 1.82) is 0 Å². The van der Waals surface area contributed by atoms with Crippen LogP contribution >= 0.6 is 11.6 Å². The van der Waals surface area contributed by atoms with Crippen LogP contribution in [0, 0.1) is 5.92 Å². The van der Waals surface area contributed by atoms with Crippen LogP contribution in [-0.2, 0) is 16.6 Å². The van der Waals surface area contributed by atoms with E-state index in [9.17, 15) is 8.42 Å². The van der Waals surface area contributed by atoms with Crippen molar-refractivity contribution in [2.24, 2.45) is 5.92 Å². The highest BCUT2D eigenvalue weighted by molar-refractivity contribution is 7.89. The van der Waals surface area contributed by atoms with E-state index < -0.39 is 10.0 Å².